The van der Waals surface area contributed by atoms with Gasteiger partial charge in [-0.25, -0.2) is 10.2 Å². The van der Waals surface area contributed by atoms with Crippen LogP contribution in [-0.4, -0.2) is 22.8 Å². The molecule has 1 rings (SSSR count). The Morgan fingerprint density at radius 3 is 2.56 bits per heavy atom. The largest absolute Gasteiger partial charge is 0.443 e. The van der Waals surface area contributed by atoms with E-state index in [4.69, 9.17) is 4.74 Å². The zero-order valence-electron chi connectivity index (χ0n) is 9.23. The molecule has 2 N–H and O–H groups in total. The minimum atomic E-state index is -0.750. The Hall–Kier alpha value is -2.05. The Morgan fingerprint density at radius 2 is 2.06 bits per heavy atom. The molecule has 1 heterocycles. The molecule has 2 amide bonds. The van der Waals surface area contributed by atoms with Gasteiger partial charge in [-0.3, -0.25) is 10.2 Å². The molecule has 0 radical (unpaired) electrons. The van der Waals surface area contributed by atoms with Gasteiger partial charge in [0.1, 0.15) is 5.60 Å². The van der Waals surface area contributed by atoms with Crippen molar-refractivity contribution in [3.8, 4) is 0 Å². The summed E-state index contributed by atoms with van der Waals surface area (Å²) in [6.07, 6.45) is 0.572. The Bertz CT molecular complexity index is 367. The molecule has 0 aliphatic carbocycles. The van der Waals surface area contributed by atoms with E-state index in [1.165, 1.54) is 12.3 Å². The highest BCUT2D eigenvalue weighted by molar-refractivity contribution is 5.92. The second kappa shape index (κ2) is 4.65. The van der Waals surface area contributed by atoms with Gasteiger partial charge in [0.05, 0.1) is 6.20 Å². The molecule has 0 bridgehead atoms. The van der Waals surface area contributed by atoms with E-state index in [1.54, 1.807) is 20.8 Å². The molecule has 1 aromatic rings. The number of carbonyl (C=O) groups excluding carboxylic acids is 2. The van der Waals surface area contributed by atoms with Crippen LogP contribution in [0.15, 0.2) is 16.8 Å². The van der Waals surface area contributed by atoms with Crippen molar-refractivity contribution >= 4 is 12.0 Å². The molecule has 0 atom stereocenters. The first-order chi connectivity index (χ1) is 7.38. The molecule has 0 spiro atoms. The predicted molar refractivity (Wildman–Crippen MR) is 53.3 cm³/mol. The highest BCUT2D eigenvalue weighted by Gasteiger charge is 2.17. The number of nitrogens with one attached hydrogen (secondary N) is 2. The smallest absolute Gasteiger partial charge is 0.426 e. The molecule has 0 fully saturated rings. The van der Waals surface area contributed by atoms with Crippen LogP contribution < -0.4 is 10.9 Å². The topological polar surface area (TPSA) is 93.5 Å². The van der Waals surface area contributed by atoms with Crippen LogP contribution >= 0.6 is 0 Å². The Kier molecular flexibility index (Phi) is 3.49. The SMILES string of the molecule is CC(C)(C)OC(=O)NNC(=O)c1ccno1. The van der Waals surface area contributed by atoms with Crippen LogP contribution in [0.1, 0.15) is 31.3 Å². The number of aromatic nitrogens is 1. The maximum Gasteiger partial charge on any atom is 0.426 e. The third-order valence-corrected chi connectivity index (χ3v) is 1.34. The molecule has 0 saturated heterocycles. The lowest BCUT2D eigenvalue weighted by atomic mass is 10.2. The third-order valence-electron chi connectivity index (χ3n) is 1.34. The minimum Gasteiger partial charge on any atom is -0.443 e. The van der Waals surface area contributed by atoms with Crippen LogP contribution in [0.3, 0.4) is 0 Å². The van der Waals surface area contributed by atoms with Crippen molar-refractivity contribution in [2.75, 3.05) is 0 Å². The van der Waals surface area contributed by atoms with E-state index in [9.17, 15) is 9.59 Å². The van der Waals surface area contributed by atoms with E-state index in [0.717, 1.165) is 0 Å². The van der Waals surface area contributed by atoms with Crippen molar-refractivity contribution in [1.29, 1.82) is 0 Å². The van der Waals surface area contributed by atoms with Crippen LogP contribution in [0, 0.1) is 0 Å². The number of hydrazine groups is 1. The summed E-state index contributed by atoms with van der Waals surface area (Å²) in [5.74, 6) is -0.612. The molecule has 7 heteroatoms. The summed E-state index contributed by atoms with van der Waals surface area (Å²) in [4.78, 5) is 22.4. The molecule has 0 aromatic carbocycles. The highest BCUT2D eigenvalue weighted by atomic mass is 16.6. The Morgan fingerprint density at radius 1 is 1.38 bits per heavy atom. The summed E-state index contributed by atoms with van der Waals surface area (Å²) < 4.78 is 9.47. The van der Waals surface area contributed by atoms with Gasteiger partial charge in [-0.15, -0.1) is 0 Å². The number of nitrogens with zero attached hydrogens (tertiary/aromatic N) is 1. The lowest BCUT2D eigenvalue weighted by molar-refractivity contribution is 0.0480. The summed E-state index contributed by atoms with van der Waals surface area (Å²) in [6.45, 7) is 5.14. The highest BCUT2D eigenvalue weighted by Crippen LogP contribution is 2.05. The van der Waals surface area contributed by atoms with Crippen LogP contribution in [-0.2, 0) is 4.74 Å². The molecular formula is C9H13N3O4. The normalized spacial score (nSPS) is 10.7. The fraction of sp³-hybridized carbons (Fsp3) is 0.444. The lowest BCUT2D eigenvalue weighted by Gasteiger charge is -2.19. The number of ether oxygens (including phenoxy) is 1. The average Bonchev–Trinajstić information content (AvgIpc) is 2.64. The monoisotopic (exact) mass is 227 g/mol. The number of rotatable bonds is 1. The van der Waals surface area contributed by atoms with E-state index < -0.39 is 17.6 Å². The first-order valence-corrected chi connectivity index (χ1v) is 4.58. The van der Waals surface area contributed by atoms with Gasteiger partial charge in [-0.1, -0.05) is 5.16 Å². The van der Waals surface area contributed by atoms with E-state index in [0.29, 0.717) is 0 Å². The van der Waals surface area contributed by atoms with Gasteiger partial charge in [0.25, 0.3) is 0 Å². The zero-order valence-corrected chi connectivity index (χ0v) is 9.23. The van der Waals surface area contributed by atoms with Gasteiger partial charge >= 0.3 is 12.0 Å². The number of hydrogen-bond acceptors (Lipinski definition) is 5. The van der Waals surface area contributed by atoms with Crippen molar-refractivity contribution in [2.45, 2.75) is 26.4 Å². The van der Waals surface area contributed by atoms with E-state index in [1.807, 2.05) is 0 Å². The third kappa shape index (κ3) is 3.99. The van der Waals surface area contributed by atoms with Crippen molar-refractivity contribution in [1.82, 2.24) is 16.0 Å². The summed E-state index contributed by atoms with van der Waals surface area (Å²) in [5.41, 5.74) is 3.56. The second-order valence-electron chi connectivity index (χ2n) is 3.96. The summed E-state index contributed by atoms with van der Waals surface area (Å²) in [7, 11) is 0. The van der Waals surface area contributed by atoms with Crippen LogP contribution in [0.2, 0.25) is 0 Å². The molecular weight excluding hydrogens is 214 g/mol. The number of carbonyl (C=O) groups is 2. The van der Waals surface area contributed by atoms with Gasteiger partial charge in [0.15, 0.2) is 0 Å². The molecule has 0 aliphatic rings. The molecule has 16 heavy (non-hydrogen) atoms. The Balaban J connectivity index is 2.35. The summed E-state index contributed by atoms with van der Waals surface area (Å²) in [6, 6.07) is 1.37. The lowest BCUT2D eigenvalue weighted by Crippen LogP contribution is -2.44. The maximum absolute atomic E-state index is 11.3. The molecule has 0 unspecified atom stereocenters. The predicted octanol–water partition coefficient (Wildman–Crippen LogP) is 0.844. The molecule has 0 aliphatic heterocycles. The van der Waals surface area contributed by atoms with Crippen molar-refractivity contribution in [2.24, 2.45) is 0 Å². The molecule has 0 saturated carbocycles. The van der Waals surface area contributed by atoms with Gasteiger partial charge in [0, 0.05) is 6.07 Å². The number of amides is 2. The fourth-order valence-corrected chi connectivity index (χ4v) is 0.806. The second-order valence-corrected chi connectivity index (χ2v) is 3.96. The molecule has 1 aromatic heterocycles. The van der Waals surface area contributed by atoms with Crippen molar-refractivity contribution in [3.63, 3.8) is 0 Å². The summed E-state index contributed by atoms with van der Waals surface area (Å²) in [5, 5.41) is 3.35. The van der Waals surface area contributed by atoms with Gasteiger partial charge < -0.3 is 9.26 Å². The van der Waals surface area contributed by atoms with E-state index in [-0.39, 0.29) is 5.76 Å². The Labute approximate surface area is 92.1 Å². The maximum atomic E-state index is 11.3. The van der Waals surface area contributed by atoms with Crippen LogP contribution in [0.5, 0.6) is 0 Å². The molecule has 88 valence electrons. The van der Waals surface area contributed by atoms with Gasteiger partial charge in [-0.05, 0) is 20.8 Å². The van der Waals surface area contributed by atoms with Crippen LogP contribution in [0.4, 0.5) is 4.79 Å². The molecule has 7 nitrogen and oxygen atoms in total. The minimum absolute atomic E-state index is 0.00365. The zero-order chi connectivity index (χ0) is 12.2. The van der Waals surface area contributed by atoms with E-state index >= 15 is 0 Å². The van der Waals surface area contributed by atoms with Crippen molar-refractivity contribution in [3.05, 3.63) is 18.0 Å². The van der Waals surface area contributed by atoms with Crippen LogP contribution in [0.25, 0.3) is 0 Å². The standard InChI is InChI=1S/C9H13N3O4/c1-9(2,3)15-8(14)12-11-7(13)6-4-5-10-16-6/h4-5H,1-3H3,(H,11,13)(H,12,14). The number of hydrogen-bond donors (Lipinski definition) is 2. The van der Waals surface area contributed by atoms with E-state index in [2.05, 4.69) is 20.5 Å². The first kappa shape index (κ1) is 12.0. The summed E-state index contributed by atoms with van der Waals surface area (Å²) >= 11 is 0. The fourth-order valence-electron chi connectivity index (χ4n) is 0.806. The van der Waals surface area contributed by atoms with Crippen molar-refractivity contribution < 1.29 is 18.8 Å². The van der Waals surface area contributed by atoms with Gasteiger partial charge in [-0.2, -0.15) is 0 Å². The quantitative estimate of drug-likeness (QED) is 0.693. The average molecular weight is 227 g/mol. The first-order valence-electron chi connectivity index (χ1n) is 4.58. The van der Waals surface area contributed by atoms with Gasteiger partial charge in [0.2, 0.25) is 5.76 Å².